The molecular formula is C15H22Cl2N2O5. The zero-order chi connectivity index (χ0) is 18.7. The normalized spacial score (nSPS) is 25.9. The van der Waals surface area contributed by atoms with Crippen molar-refractivity contribution in [3.63, 3.8) is 0 Å². The minimum absolute atomic E-state index is 0.132. The average Bonchev–Trinajstić information content (AvgIpc) is 2.68. The van der Waals surface area contributed by atoms with Gasteiger partial charge in [-0.15, -0.1) is 0 Å². The number of hydrogen-bond donors (Lipinski definition) is 0. The molecule has 9 heteroatoms. The van der Waals surface area contributed by atoms with Gasteiger partial charge in [0.25, 0.3) is 0 Å². The van der Waals surface area contributed by atoms with Crippen LogP contribution in [0.1, 0.15) is 48.0 Å². The molecule has 4 amide bonds. The monoisotopic (exact) mass is 380 g/mol. The van der Waals surface area contributed by atoms with E-state index in [4.69, 9.17) is 32.7 Å². The SMILES string of the molecule is CC(C)(C)OC(=O)N1C[C@@]2(CC2(Cl)Cl)N(C(=O)OC(C)(C)C)C1=O. The zero-order valence-corrected chi connectivity index (χ0v) is 16.1. The maximum Gasteiger partial charge on any atom is 0.419 e. The molecule has 0 aromatic rings. The summed E-state index contributed by atoms with van der Waals surface area (Å²) in [5.41, 5.74) is -2.78. The first-order valence-electron chi connectivity index (χ1n) is 7.55. The van der Waals surface area contributed by atoms with Gasteiger partial charge in [-0.25, -0.2) is 24.2 Å². The van der Waals surface area contributed by atoms with Gasteiger partial charge in [0, 0.05) is 6.42 Å². The summed E-state index contributed by atoms with van der Waals surface area (Å²) in [5, 5.41) is 0. The topological polar surface area (TPSA) is 76.2 Å². The van der Waals surface area contributed by atoms with Crippen molar-refractivity contribution in [2.75, 3.05) is 6.54 Å². The third-order valence-electron chi connectivity index (χ3n) is 3.53. The predicted octanol–water partition coefficient (Wildman–Crippen LogP) is 3.91. The fraction of sp³-hybridized carbons (Fsp3) is 0.800. The molecule has 7 nitrogen and oxygen atoms in total. The van der Waals surface area contributed by atoms with Crippen LogP contribution in [0, 0.1) is 0 Å². The van der Waals surface area contributed by atoms with Crippen LogP contribution in [0.5, 0.6) is 0 Å². The van der Waals surface area contributed by atoms with E-state index in [1.165, 1.54) is 0 Å². The van der Waals surface area contributed by atoms with Crippen LogP contribution in [-0.2, 0) is 9.47 Å². The van der Waals surface area contributed by atoms with E-state index < -0.39 is 39.3 Å². The Morgan fingerprint density at radius 2 is 1.42 bits per heavy atom. The van der Waals surface area contributed by atoms with Crippen LogP contribution in [-0.4, -0.2) is 55.6 Å². The Bertz CT molecular complexity index is 594. The first kappa shape index (κ1) is 19.1. The molecule has 2 rings (SSSR count). The summed E-state index contributed by atoms with van der Waals surface area (Å²) < 4.78 is 9.15. The van der Waals surface area contributed by atoms with Crippen molar-refractivity contribution >= 4 is 41.4 Å². The van der Waals surface area contributed by atoms with Gasteiger partial charge in [0.05, 0.1) is 6.54 Å². The molecule has 0 bridgehead atoms. The summed E-state index contributed by atoms with van der Waals surface area (Å²) in [4.78, 5) is 39.0. The van der Waals surface area contributed by atoms with Gasteiger partial charge in [0.15, 0.2) is 0 Å². The van der Waals surface area contributed by atoms with Crippen LogP contribution >= 0.6 is 23.2 Å². The third kappa shape index (κ3) is 3.42. The highest BCUT2D eigenvalue weighted by molar-refractivity contribution is 6.52. The van der Waals surface area contributed by atoms with Gasteiger partial charge in [-0.2, -0.15) is 0 Å². The minimum atomic E-state index is -1.32. The van der Waals surface area contributed by atoms with Crippen molar-refractivity contribution in [3.05, 3.63) is 0 Å². The molecule has 24 heavy (non-hydrogen) atoms. The van der Waals surface area contributed by atoms with Crippen molar-refractivity contribution in [2.24, 2.45) is 0 Å². The van der Waals surface area contributed by atoms with E-state index in [0.29, 0.717) is 0 Å². The van der Waals surface area contributed by atoms with Crippen LogP contribution in [0.4, 0.5) is 14.4 Å². The van der Waals surface area contributed by atoms with Crippen molar-refractivity contribution in [2.45, 2.75) is 69.0 Å². The summed E-state index contributed by atoms with van der Waals surface area (Å²) in [7, 11) is 0. The van der Waals surface area contributed by atoms with Crippen LogP contribution < -0.4 is 0 Å². The third-order valence-corrected chi connectivity index (χ3v) is 4.50. The Hall–Kier alpha value is -1.21. The van der Waals surface area contributed by atoms with Gasteiger partial charge < -0.3 is 9.47 Å². The molecule has 1 saturated heterocycles. The Morgan fingerprint density at radius 1 is 1.00 bits per heavy atom. The van der Waals surface area contributed by atoms with Gasteiger partial charge in [0.1, 0.15) is 21.1 Å². The van der Waals surface area contributed by atoms with E-state index >= 15 is 0 Å². The average molecular weight is 381 g/mol. The van der Waals surface area contributed by atoms with E-state index in [1.807, 2.05) is 0 Å². The number of carbonyl (C=O) groups excluding carboxylic acids is 3. The Balaban J connectivity index is 2.28. The quantitative estimate of drug-likeness (QED) is 0.595. The number of alkyl halides is 2. The van der Waals surface area contributed by atoms with E-state index in [9.17, 15) is 14.4 Å². The smallest absolute Gasteiger partial charge is 0.419 e. The van der Waals surface area contributed by atoms with E-state index in [0.717, 1.165) is 9.80 Å². The van der Waals surface area contributed by atoms with Crippen molar-refractivity contribution in [1.82, 2.24) is 9.80 Å². The van der Waals surface area contributed by atoms with Crippen molar-refractivity contribution in [3.8, 4) is 0 Å². The maximum absolute atomic E-state index is 12.6. The second-order valence-corrected chi connectivity index (χ2v) is 9.56. The maximum atomic E-state index is 12.6. The summed E-state index contributed by atoms with van der Waals surface area (Å²) >= 11 is 12.3. The summed E-state index contributed by atoms with van der Waals surface area (Å²) in [6.45, 7) is 9.92. The molecule has 0 unspecified atom stereocenters. The fourth-order valence-electron chi connectivity index (χ4n) is 2.46. The molecule has 0 radical (unpaired) electrons. The molecule has 2 fully saturated rings. The lowest BCUT2D eigenvalue weighted by Crippen LogP contribution is -2.47. The number of nitrogens with zero attached hydrogens (tertiary/aromatic N) is 2. The van der Waals surface area contributed by atoms with Crippen LogP contribution in [0.25, 0.3) is 0 Å². The first-order valence-corrected chi connectivity index (χ1v) is 8.31. The van der Waals surface area contributed by atoms with Crippen LogP contribution in [0.3, 0.4) is 0 Å². The van der Waals surface area contributed by atoms with Gasteiger partial charge >= 0.3 is 18.2 Å². The Labute approximate surface area is 151 Å². The lowest BCUT2D eigenvalue weighted by Gasteiger charge is -2.27. The number of amides is 4. The fourth-order valence-corrected chi connectivity index (χ4v) is 3.19. The number of imide groups is 2. The van der Waals surface area contributed by atoms with Gasteiger partial charge in [-0.05, 0) is 41.5 Å². The molecule has 1 aliphatic heterocycles. The second kappa shape index (κ2) is 5.39. The molecule has 2 aliphatic rings. The molecule has 136 valence electrons. The summed E-state index contributed by atoms with van der Waals surface area (Å²) in [6, 6.07) is -0.846. The largest absolute Gasteiger partial charge is 0.443 e. The molecule has 1 spiro atoms. The molecule has 0 aromatic carbocycles. The zero-order valence-electron chi connectivity index (χ0n) is 14.6. The lowest BCUT2D eigenvalue weighted by atomic mass is 10.2. The van der Waals surface area contributed by atoms with E-state index in [1.54, 1.807) is 41.5 Å². The molecule has 1 heterocycles. The molecule has 1 atom stereocenters. The standard InChI is InChI=1S/C15H22Cl2N2O5/c1-12(2,3)23-10(21)18-8-14(7-15(14,16)17)19(9(18)20)11(22)24-13(4,5)6/h7-8H2,1-6H3/t14-/m1/s1. The number of urea groups is 1. The van der Waals surface area contributed by atoms with Crippen LogP contribution in [0.2, 0.25) is 0 Å². The highest BCUT2D eigenvalue weighted by Crippen LogP contribution is 2.63. The second-order valence-electron chi connectivity index (χ2n) is 8.08. The number of rotatable bonds is 0. The highest BCUT2D eigenvalue weighted by atomic mass is 35.5. The van der Waals surface area contributed by atoms with Crippen molar-refractivity contribution < 1.29 is 23.9 Å². The summed E-state index contributed by atoms with van der Waals surface area (Å²) in [5.74, 6) is 0. The molecule has 0 N–H and O–H groups in total. The first-order chi connectivity index (χ1) is 10.6. The lowest BCUT2D eigenvalue weighted by molar-refractivity contribution is 0.0272. The van der Waals surface area contributed by atoms with Gasteiger partial charge in [-0.1, -0.05) is 23.2 Å². The number of carbonyl (C=O) groups is 3. The Morgan fingerprint density at radius 3 is 1.79 bits per heavy atom. The van der Waals surface area contributed by atoms with Crippen LogP contribution in [0.15, 0.2) is 0 Å². The number of hydrogen-bond acceptors (Lipinski definition) is 5. The van der Waals surface area contributed by atoms with Gasteiger partial charge in [-0.3, -0.25) is 0 Å². The van der Waals surface area contributed by atoms with E-state index in [-0.39, 0.29) is 13.0 Å². The predicted molar refractivity (Wildman–Crippen MR) is 88.2 cm³/mol. The molecule has 1 aliphatic carbocycles. The number of halogens is 2. The van der Waals surface area contributed by atoms with E-state index in [2.05, 4.69) is 0 Å². The molecule has 1 saturated carbocycles. The van der Waals surface area contributed by atoms with Crippen molar-refractivity contribution in [1.29, 1.82) is 0 Å². The van der Waals surface area contributed by atoms with Gasteiger partial charge in [0.2, 0.25) is 0 Å². The Kier molecular flexibility index (Phi) is 4.30. The molecule has 0 aromatic heterocycles. The molecular weight excluding hydrogens is 359 g/mol. The minimum Gasteiger partial charge on any atom is -0.443 e. The highest BCUT2D eigenvalue weighted by Gasteiger charge is 2.77. The number of ether oxygens (including phenoxy) is 2. The summed E-state index contributed by atoms with van der Waals surface area (Å²) in [6.07, 6.45) is -1.58.